The summed E-state index contributed by atoms with van der Waals surface area (Å²) in [5.41, 5.74) is 1.48. The zero-order chi connectivity index (χ0) is 13.8. The van der Waals surface area contributed by atoms with Crippen LogP contribution in [0.5, 0.6) is 0 Å². The lowest BCUT2D eigenvalue weighted by atomic mass is 10.0. The van der Waals surface area contributed by atoms with Crippen molar-refractivity contribution in [3.63, 3.8) is 0 Å². The first kappa shape index (κ1) is 14.1. The van der Waals surface area contributed by atoms with Crippen molar-refractivity contribution in [1.82, 2.24) is 10.2 Å². The largest absolute Gasteiger partial charge is 0.312 e. The number of hydrogen-bond acceptors (Lipinski definition) is 2. The van der Waals surface area contributed by atoms with E-state index in [9.17, 15) is 0 Å². The van der Waals surface area contributed by atoms with E-state index in [1.165, 1.54) is 50.8 Å². The smallest absolute Gasteiger partial charge is 0.0472 e. The van der Waals surface area contributed by atoms with Crippen molar-refractivity contribution < 1.29 is 0 Å². The highest BCUT2D eigenvalue weighted by Gasteiger charge is 2.27. The lowest BCUT2D eigenvalue weighted by Crippen LogP contribution is -2.39. The topological polar surface area (TPSA) is 15.3 Å². The van der Waals surface area contributed by atoms with Crippen LogP contribution in [0.1, 0.15) is 50.6 Å². The highest BCUT2D eigenvalue weighted by Crippen LogP contribution is 2.28. The third-order valence-electron chi connectivity index (χ3n) is 5.20. The van der Waals surface area contributed by atoms with Crippen LogP contribution in [0.15, 0.2) is 30.3 Å². The summed E-state index contributed by atoms with van der Waals surface area (Å²) in [5.74, 6) is 0.852. The molecule has 1 heterocycles. The summed E-state index contributed by atoms with van der Waals surface area (Å²) in [6.07, 6.45) is 6.89. The maximum Gasteiger partial charge on any atom is 0.0472 e. The normalized spacial score (nSPS) is 28.9. The van der Waals surface area contributed by atoms with E-state index in [1.807, 2.05) is 0 Å². The van der Waals surface area contributed by atoms with E-state index in [0.717, 1.165) is 18.5 Å². The minimum atomic E-state index is 0.562. The van der Waals surface area contributed by atoms with Crippen LogP contribution in [0, 0.1) is 5.92 Å². The molecule has 0 aromatic heterocycles. The first-order valence-corrected chi connectivity index (χ1v) is 8.37. The Hall–Kier alpha value is -0.860. The Morgan fingerprint density at radius 3 is 2.50 bits per heavy atom. The second-order valence-electron chi connectivity index (χ2n) is 6.59. The molecule has 1 aliphatic carbocycles. The van der Waals surface area contributed by atoms with Gasteiger partial charge in [-0.25, -0.2) is 0 Å². The summed E-state index contributed by atoms with van der Waals surface area (Å²) in [6, 6.07) is 12.4. The molecule has 1 saturated heterocycles. The SMILES string of the molecule is CC1CCCC1NCC(c1ccccc1)N1CCCC1. The maximum absolute atomic E-state index is 3.87. The van der Waals surface area contributed by atoms with Gasteiger partial charge in [0.25, 0.3) is 0 Å². The van der Waals surface area contributed by atoms with Crippen LogP contribution in [-0.2, 0) is 0 Å². The van der Waals surface area contributed by atoms with Crippen molar-refractivity contribution in [3.8, 4) is 0 Å². The molecule has 110 valence electrons. The van der Waals surface area contributed by atoms with Gasteiger partial charge in [-0.1, -0.05) is 43.7 Å². The molecule has 3 unspecified atom stereocenters. The molecule has 0 amide bonds. The highest BCUT2D eigenvalue weighted by molar-refractivity contribution is 5.19. The third kappa shape index (κ3) is 3.24. The van der Waals surface area contributed by atoms with E-state index < -0.39 is 0 Å². The van der Waals surface area contributed by atoms with Crippen LogP contribution in [0.4, 0.5) is 0 Å². The minimum Gasteiger partial charge on any atom is -0.312 e. The Labute approximate surface area is 123 Å². The van der Waals surface area contributed by atoms with Gasteiger partial charge in [-0.15, -0.1) is 0 Å². The Morgan fingerprint density at radius 1 is 1.10 bits per heavy atom. The second kappa shape index (κ2) is 6.73. The lowest BCUT2D eigenvalue weighted by Gasteiger charge is -2.30. The van der Waals surface area contributed by atoms with E-state index in [-0.39, 0.29) is 0 Å². The molecular weight excluding hydrogens is 244 g/mol. The summed E-state index contributed by atoms with van der Waals surface area (Å²) < 4.78 is 0. The fraction of sp³-hybridized carbons (Fsp3) is 0.667. The van der Waals surface area contributed by atoms with Gasteiger partial charge >= 0.3 is 0 Å². The van der Waals surface area contributed by atoms with Gasteiger partial charge in [-0.2, -0.15) is 0 Å². The van der Waals surface area contributed by atoms with Gasteiger partial charge in [0.15, 0.2) is 0 Å². The van der Waals surface area contributed by atoms with E-state index >= 15 is 0 Å². The molecule has 2 nitrogen and oxygen atoms in total. The molecule has 1 aromatic carbocycles. The standard InChI is InChI=1S/C18H28N2/c1-15-8-7-11-17(15)19-14-18(20-12-5-6-13-20)16-9-3-2-4-10-16/h2-4,9-10,15,17-19H,5-8,11-14H2,1H3. The zero-order valence-corrected chi connectivity index (χ0v) is 12.7. The number of benzene rings is 1. The molecule has 1 N–H and O–H groups in total. The molecule has 1 aliphatic heterocycles. The molecular formula is C18H28N2. The van der Waals surface area contributed by atoms with Gasteiger partial charge in [0.1, 0.15) is 0 Å². The van der Waals surface area contributed by atoms with Crippen LogP contribution in [0.25, 0.3) is 0 Å². The Kier molecular flexibility index (Phi) is 4.74. The van der Waals surface area contributed by atoms with Crippen molar-refractivity contribution in [3.05, 3.63) is 35.9 Å². The van der Waals surface area contributed by atoms with Crippen molar-refractivity contribution in [2.45, 2.75) is 51.1 Å². The Balaban J connectivity index is 1.66. The van der Waals surface area contributed by atoms with Gasteiger partial charge in [-0.3, -0.25) is 4.90 Å². The molecule has 2 heteroatoms. The Morgan fingerprint density at radius 2 is 1.85 bits per heavy atom. The summed E-state index contributed by atoms with van der Waals surface area (Å²) >= 11 is 0. The maximum atomic E-state index is 3.87. The van der Waals surface area contributed by atoms with Gasteiger partial charge in [0.2, 0.25) is 0 Å². The van der Waals surface area contributed by atoms with Crippen LogP contribution in [-0.4, -0.2) is 30.6 Å². The van der Waals surface area contributed by atoms with Gasteiger partial charge < -0.3 is 5.32 Å². The molecule has 0 bridgehead atoms. The molecule has 1 saturated carbocycles. The molecule has 3 atom stereocenters. The van der Waals surface area contributed by atoms with Crippen LogP contribution >= 0.6 is 0 Å². The van der Waals surface area contributed by atoms with Crippen molar-refractivity contribution >= 4 is 0 Å². The predicted molar refractivity (Wildman–Crippen MR) is 84.8 cm³/mol. The molecule has 3 rings (SSSR count). The number of hydrogen-bond donors (Lipinski definition) is 1. The number of rotatable bonds is 5. The average Bonchev–Trinajstić information content (AvgIpc) is 3.13. The molecule has 1 aromatic rings. The van der Waals surface area contributed by atoms with E-state index in [0.29, 0.717) is 6.04 Å². The summed E-state index contributed by atoms with van der Waals surface area (Å²) in [6.45, 7) is 6.04. The van der Waals surface area contributed by atoms with Gasteiger partial charge in [0, 0.05) is 18.6 Å². The fourth-order valence-electron chi connectivity index (χ4n) is 3.90. The van der Waals surface area contributed by atoms with Gasteiger partial charge in [0.05, 0.1) is 0 Å². The lowest BCUT2D eigenvalue weighted by molar-refractivity contribution is 0.228. The fourth-order valence-corrected chi connectivity index (χ4v) is 3.90. The van der Waals surface area contributed by atoms with Crippen LogP contribution in [0.3, 0.4) is 0 Å². The van der Waals surface area contributed by atoms with E-state index in [2.05, 4.69) is 47.5 Å². The van der Waals surface area contributed by atoms with E-state index in [1.54, 1.807) is 0 Å². The van der Waals surface area contributed by atoms with E-state index in [4.69, 9.17) is 0 Å². The second-order valence-corrected chi connectivity index (χ2v) is 6.59. The highest BCUT2D eigenvalue weighted by atomic mass is 15.2. The number of likely N-dealkylation sites (tertiary alicyclic amines) is 1. The molecule has 2 fully saturated rings. The average molecular weight is 272 g/mol. The van der Waals surface area contributed by atoms with Crippen LogP contribution < -0.4 is 5.32 Å². The third-order valence-corrected chi connectivity index (χ3v) is 5.20. The molecule has 0 radical (unpaired) electrons. The van der Waals surface area contributed by atoms with Crippen molar-refractivity contribution in [1.29, 1.82) is 0 Å². The molecule has 2 aliphatic rings. The van der Waals surface area contributed by atoms with Gasteiger partial charge in [-0.05, 0) is 50.3 Å². The monoisotopic (exact) mass is 272 g/mol. The quantitative estimate of drug-likeness (QED) is 0.881. The molecule has 20 heavy (non-hydrogen) atoms. The predicted octanol–water partition coefficient (Wildman–Crippen LogP) is 3.60. The number of nitrogens with one attached hydrogen (secondary N) is 1. The van der Waals surface area contributed by atoms with Crippen LogP contribution in [0.2, 0.25) is 0 Å². The first-order valence-electron chi connectivity index (χ1n) is 8.37. The zero-order valence-electron chi connectivity index (χ0n) is 12.7. The number of nitrogens with zero attached hydrogens (tertiary/aromatic N) is 1. The summed E-state index contributed by atoms with van der Waals surface area (Å²) in [5, 5.41) is 3.87. The summed E-state index contributed by atoms with van der Waals surface area (Å²) in [7, 11) is 0. The van der Waals surface area contributed by atoms with Crippen molar-refractivity contribution in [2.24, 2.45) is 5.92 Å². The summed E-state index contributed by atoms with van der Waals surface area (Å²) in [4.78, 5) is 2.67. The molecule has 0 spiro atoms. The van der Waals surface area contributed by atoms with Crippen molar-refractivity contribution in [2.75, 3.05) is 19.6 Å². The Bertz CT molecular complexity index is 397. The first-order chi connectivity index (χ1) is 9.84. The minimum absolute atomic E-state index is 0.562.